The minimum absolute atomic E-state index is 0.0943. The molecule has 80 valence electrons. The van der Waals surface area contributed by atoms with Crippen LogP contribution in [0.2, 0.25) is 0 Å². The van der Waals surface area contributed by atoms with Crippen LogP contribution in [0.15, 0.2) is 12.2 Å². The predicted molar refractivity (Wildman–Crippen MR) is 55.0 cm³/mol. The summed E-state index contributed by atoms with van der Waals surface area (Å²) in [5, 5.41) is 0. The molecular weight excluding hydrogens is 188 g/mol. The number of rotatable bonds is 0. The third kappa shape index (κ3) is 0.849. The van der Waals surface area contributed by atoms with Gasteiger partial charge in [-0.3, -0.25) is 0 Å². The van der Waals surface area contributed by atoms with Gasteiger partial charge in [0, 0.05) is 11.5 Å². The molecule has 4 saturated carbocycles. The van der Waals surface area contributed by atoms with Gasteiger partial charge in [0.2, 0.25) is 0 Å². The summed E-state index contributed by atoms with van der Waals surface area (Å²) in [4.78, 5) is 11.7. The lowest BCUT2D eigenvalue weighted by molar-refractivity contribution is -0.174. The lowest BCUT2D eigenvalue weighted by Crippen LogP contribution is -2.55. The second kappa shape index (κ2) is 2.31. The summed E-state index contributed by atoms with van der Waals surface area (Å²) in [5.41, 5.74) is 0.682. The van der Waals surface area contributed by atoms with Crippen molar-refractivity contribution in [3.05, 3.63) is 12.2 Å². The van der Waals surface area contributed by atoms with Crippen LogP contribution < -0.4 is 0 Å². The first kappa shape index (κ1) is 8.37. The van der Waals surface area contributed by atoms with Crippen LogP contribution in [0.25, 0.3) is 0 Å². The molecule has 1 aliphatic heterocycles. The highest BCUT2D eigenvalue weighted by Crippen LogP contribution is 2.63. The summed E-state index contributed by atoms with van der Waals surface area (Å²) < 4.78 is 5.70. The number of hydrogen-bond acceptors (Lipinski definition) is 2. The van der Waals surface area contributed by atoms with E-state index in [0.717, 1.165) is 30.3 Å². The molecule has 5 fully saturated rings. The molecule has 4 bridgehead atoms. The molecular formula is C13H16O2. The van der Waals surface area contributed by atoms with Crippen LogP contribution in [0.4, 0.5) is 0 Å². The molecule has 0 aromatic rings. The monoisotopic (exact) mass is 204 g/mol. The van der Waals surface area contributed by atoms with Crippen molar-refractivity contribution in [2.45, 2.75) is 37.7 Å². The highest BCUT2D eigenvalue weighted by Gasteiger charge is 2.64. The first-order chi connectivity index (χ1) is 7.18. The Bertz CT molecular complexity index is 357. The average Bonchev–Trinajstić information content (AvgIpc) is 2.37. The molecule has 1 saturated heterocycles. The van der Waals surface area contributed by atoms with E-state index in [9.17, 15) is 4.79 Å². The smallest absolute Gasteiger partial charge is 0.334 e. The van der Waals surface area contributed by atoms with Gasteiger partial charge in [-0.2, -0.15) is 0 Å². The van der Waals surface area contributed by atoms with Crippen molar-refractivity contribution in [2.24, 2.45) is 23.7 Å². The molecule has 1 spiro atoms. The van der Waals surface area contributed by atoms with E-state index in [1.807, 2.05) is 0 Å². The zero-order valence-corrected chi connectivity index (χ0v) is 8.87. The molecule has 0 radical (unpaired) electrons. The van der Waals surface area contributed by atoms with E-state index < -0.39 is 0 Å². The van der Waals surface area contributed by atoms with Gasteiger partial charge in [-0.15, -0.1) is 0 Å². The van der Waals surface area contributed by atoms with E-state index in [1.165, 1.54) is 19.3 Å². The van der Waals surface area contributed by atoms with Crippen LogP contribution in [-0.4, -0.2) is 11.6 Å². The fourth-order valence-electron chi connectivity index (χ4n) is 5.09. The van der Waals surface area contributed by atoms with Gasteiger partial charge in [0.1, 0.15) is 5.60 Å². The highest BCUT2D eigenvalue weighted by molar-refractivity contribution is 5.91. The average molecular weight is 204 g/mol. The first-order valence-electron chi connectivity index (χ1n) is 6.10. The largest absolute Gasteiger partial charge is 0.455 e. The van der Waals surface area contributed by atoms with E-state index in [2.05, 4.69) is 6.58 Å². The standard InChI is InChI=1S/C13H16O2/c1-7-11-10-3-8-2-9(4-10)6-13(11,5-8)15-12(7)14/h8-11H,1-6H2. The van der Waals surface area contributed by atoms with E-state index in [0.29, 0.717) is 11.8 Å². The summed E-state index contributed by atoms with van der Waals surface area (Å²) in [6.45, 7) is 3.96. The molecule has 0 aromatic heterocycles. The van der Waals surface area contributed by atoms with Gasteiger partial charge in [0.05, 0.1) is 0 Å². The maximum absolute atomic E-state index is 11.7. The van der Waals surface area contributed by atoms with Crippen molar-refractivity contribution in [1.82, 2.24) is 0 Å². The minimum Gasteiger partial charge on any atom is -0.455 e. The maximum Gasteiger partial charge on any atom is 0.334 e. The molecule has 5 aliphatic rings. The van der Waals surface area contributed by atoms with E-state index in [4.69, 9.17) is 4.74 Å². The van der Waals surface area contributed by atoms with Gasteiger partial charge >= 0.3 is 5.97 Å². The van der Waals surface area contributed by atoms with Gasteiger partial charge < -0.3 is 4.74 Å². The maximum atomic E-state index is 11.7. The molecule has 3 atom stereocenters. The summed E-state index contributed by atoms with van der Waals surface area (Å²) in [7, 11) is 0. The van der Waals surface area contributed by atoms with Crippen LogP contribution in [0.1, 0.15) is 32.1 Å². The quantitative estimate of drug-likeness (QED) is 0.447. The Hall–Kier alpha value is -0.790. The predicted octanol–water partition coefficient (Wildman–Crippen LogP) is 2.29. The molecule has 4 aliphatic carbocycles. The van der Waals surface area contributed by atoms with Gasteiger partial charge in [-0.05, 0) is 49.9 Å². The van der Waals surface area contributed by atoms with E-state index >= 15 is 0 Å². The molecule has 0 N–H and O–H groups in total. The number of carbonyl (C=O) groups is 1. The Balaban J connectivity index is 1.84. The number of esters is 1. The van der Waals surface area contributed by atoms with E-state index in [-0.39, 0.29) is 11.6 Å². The molecule has 0 amide bonds. The van der Waals surface area contributed by atoms with Crippen LogP contribution in [0, 0.1) is 23.7 Å². The Morgan fingerprint density at radius 2 is 1.87 bits per heavy atom. The highest BCUT2D eigenvalue weighted by atomic mass is 16.6. The fourth-order valence-corrected chi connectivity index (χ4v) is 5.09. The SMILES string of the molecule is C=C1C(=O)OC23CC4CC(CC(C4)C12)C3. The van der Waals surface area contributed by atoms with Crippen molar-refractivity contribution in [1.29, 1.82) is 0 Å². The zero-order valence-electron chi connectivity index (χ0n) is 8.87. The molecule has 3 unspecified atom stereocenters. The minimum atomic E-state index is -0.104. The third-order valence-electron chi connectivity index (χ3n) is 5.18. The zero-order chi connectivity index (χ0) is 10.2. The van der Waals surface area contributed by atoms with Crippen LogP contribution in [0.3, 0.4) is 0 Å². The summed E-state index contributed by atoms with van der Waals surface area (Å²) in [6, 6.07) is 0. The Kier molecular flexibility index (Phi) is 1.29. The number of hydrogen-bond donors (Lipinski definition) is 0. The van der Waals surface area contributed by atoms with Crippen molar-refractivity contribution >= 4 is 5.97 Å². The molecule has 1 heterocycles. The van der Waals surface area contributed by atoms with Crippen molar-refractivity contribution < 1.29 is 9.53 Å². The Labute approximate surface area is 89.7 Å². The molecule has 0 aromatic carbocycles. The Morgan fingerprint density at radius 1 is 1.20 bits per heavy atom. The number of ether oxygens (including phenoxy) is 1. The number of carbonyl (C=O) groups excluding carboxylic acids is 1. The summed E-state index contributed by atoms with van der Waals surface area (Å²) >= 11 is 0. The lowest BCUT2D eigenvalue weighted by Gasteiger charge is -2.57. The van der Waals surface area contributed by atoms with Crippen molar-refractivity contribution in [3.63, 3.8) is 0 Å². The Morgan fingerprint density at radius 3 is 2.53 bits per heavy atom. The van der Waals surface area contributed by atoms with Crippen LogP contribution in [0.5, 0.6) is 0 Å². The van der Waals surface area contributed by atoms with Gasteiger partial charge in [-0.25, -0.2) is 4.79 Å². The third-order valence-corrected chi connectivity index (χ3v) is 5.18. The van der Waals surface area contributed by atoms with Gasteiger partial charge in [0.25, 0.3) is 0 Å². The first-order valence-corrected chi connectivity index (χ1v) is 6.10. The summed E-state index contributed by atoms with van der Waals surface area (Å²) in [5.74, 6) is 2.64. The molecule has 2 nitrogen and oxygen atoms in total. The van der Waals surface area contributed by atoms with Crippen LogP contribution >= 0.6 is 0 Å². The second-order valence-corrected chi connectivity index (χ2v) is 6.06. The molecule has 15 heavy (non-hydrogen) atoms. The summed E-state index contributed by atoms with van der Waals surface area (Å²) in [6.07, 6.45) is 6.26. The van der Waals surface area contributed by atoms with Crippen LogP contribution in [-0.2, 0) is 9.53 Å². The topological polar surface area (TPSA) is 26.3 Å². The van der Waals surface area contributed by atoms with E-state index in [1.54, 1.807) is 0 Å². The lowest BCUT2D eigenvalue weighted by atomic mass is 9.49. The fraction of sp³-hybridized carbons (Fsp3) is 0.769. The van der Waals surface area contributed by atoms with Gasteiger partial charge in [0.15, 0.2) is 0 Å². The molecule has 2 heteroatoms. The molecule has 5 rings (SSSR count). The van der Waals surface area contributed by atoms with Crippen molar-refractivity contribution in [2.75, 3.05) is 0 Å². The van der Waals surface area contributed by atoms with Crippen molar-refractivity contribution in [3.8, 4) is 0 Å². The van der Waals surface area contributed by atoms with Gasteiger partial charge in [-0.1, -0.05) is 6.58 Å². The second-order valence-electron chi connectivity index (χ2n) is 6.06. The normalized spacial score (nSPS) is 55.7.